The molecule has 0 aliphatic heterocycles. The van der Waals surface area contributed by atoms with Gasteiger partial charge in [0, 0.05) is 19.2 Å². The Hall–Kier alpha value is -1.76. The number of benzene rings is 1. The zero-order valence-electron chi connectivity index (χ0n) is 11.4. The summed E-state index contributed by atoms with van der Waals surface area (Å²) in [5, 5.41) is 2.45. The third-order valence-corrected chi connectivity index (χ3v) is 2.99. The van der Waals surface area contributed by atoms with Gasteiger partial charge in [0.2, 0.25) is 5.91 Å². The van der Waals surface area contributed by atoms with Crippen molar-refractivity contribution in [2.75, 3.05) is 25.0 Å². The van der Waals surface area contributed by atoms with Gasteiger partial charge in [-0.3, -0.25) is 4.79 Å². The molecule has 0 saturated carbocycles. The Kier molecular flexibility index (Phi) is 5.82. The number of hydrogen-bond donors (Lipinski definition) is 2. The van der Waals surface area contributed by atoms with E-state index in [9.17, 15) is 13.6 Å². The van der Waals surface area contributed by atoms with Gasteiger partial charge in [0.25, 0.3) is 0 Å². The zero-order valence-corrected chi connectivity index (χ0v) is 12.2. The van der Waals surface area contributed by atoms with Gasteiger partial charge in [0.05, 0.1) is 12.2 Å². The van der Waals surface area contributed by atoms with Gasteiger partial charge < -0.3 is 16.0 Å². The molecule has 1 aromatic carbocycles. The summed E-state index contributed by atoms with van der Waals surface area (Å²) in [6.45, 7) is 2.26. The molecule has 3 N–H and O–H groups in total. The van der Waals surface area contributed by atoms with Crippen LogP contribution in [0.4, 0.5) is 14.5 Å². The number of carbonyl (C=O) groups excluding carboxylic acids is 1. The van der Waals surface area contributed by atoms with Crippen LogP contribution >= 0.6 is 12.2 Å². The van der Waals surface area contributed by atoms with E-state index in [4.69, 9.17) is 5.73 Å². The highest BCUT2D eigenvalue weighted by Crippen LogP contribution is 2.24. The molecular weight excluding hydrogens is 284 g/mol. The third kappa shape index (κ3) is 3.63. The molecule has 20 heavy (non-hydrogen) atoms. The molecule has 1 amide bonds. The molecule has 0 radical (unpaired) electrons. The first kappa shape index (κ1) is 16.3. The van der Waals surface area contributed by atoms with Crippen LogP contribution in [0, 0.1) is 11.6 Å². The van der Waals surface area contributed by atoms with Gasteiger partial charge in [-0.15, -0.1) is 0 Å². The van der Waals surface area contributed by atoms with Crippen molar-refractivity contribution in [3.8, 4) is 0 Å². The monoisotopic (exact) mass is 301 g/mol. The summed E-state index contributed by atoms with van der Waals surface area (Å²) < 4.78 is 27.9. The quantitative estimate of drug-likeness (QED) is 0.783. The average molecular weight is 301 g/mol. The van der Waals surface area contributed by atoms with E-state index >= 15 is 0 Å². The molecular formula is C13H17F2N3OS. The topological polar surface area (TPSA) is 58.4 Å². The number of carbonyl (C=O) groups is 1. The summed E-state index contributed by atoms with van der Waals surface area (Å²) in [5.74, 6) is -2.42. The van der Waals surface area contributed by atoms with E-state index in [0.717, 1.165) is 0 Å². The molecule has 1 rings (SSSR count). The van der Waals surface area contributed by atoms with Crippen LogP contribution in [0.1, 0.15) is 18.9 Å². The standard InChI is InChI=1S/C13H17F2N3OS/c1-3-6-18(7-10(19)17-2)9-5-4-8(13(16)20)11(14)12(9)15/h4-5H,3,6-7H2,1-2H3,(H2,16,20)(H,17,19). The van der Waals surface area contributed by atoms with Crippen molar-refractivity contribution in [2.45, 2.75) is 13.3 Å². The molecule has 0 unspecified atom stereocenters. The second-order valence-corrected chi connectivity index (χ2v) is 4.66. The first-order valence-corrected chi connectivity index (χ1v) is 6.56. The van der Waals surface area contributed by atoms with Crippen molar-refractivity contribution in [1.29, 1.82) is 0 Å². The van der Waals surface area contributed by atoms with Crippen LogP contribution in [0.15, 0.2) is 12.1 Å². The Morgan fingerprint density at radius 3 is 2.55 bits per heavy atom. The van der Waals surface area contributed by atoms with Crippen molar-refractivity contribution < 1.29 is 13.6 Å². The fourth-order valence-corrected chi connectivity index (χ4v) is 1.94. The molecule has 0 aliphatic carbocycles. The van der Waals surface area contributed by atoms with Crippen molar-refractivity contribution in [3.05, 3.63) is 29.3 Å². The van der Waals surface area contributed by atoms with Crippen LogP contribution in [0.5, 0.6) is 0 Å². The van der Waals surface area contributed by atoms with Gasteiger partial charge in [-0.05, 0) is 18.6 Å². The van der Waals surface area contributed by atoms with Crippen LogP contribution in [0.25, 0.3) is 0 Å². The third-order valence-electron chi connectivity index (χ3n) is 2.77. The van der Waals surface area contributed by atoms with Crippen molar-refractivity contribution in [1.82, 2.24) is 5.32 Å². The Morgan fingerprint density at radius 2 is 2.05 bits per heavy atom. The number of nitrogens with two attached hydrogens (primary N) is 1. The maximum Gasteiger partial charge on any atom is 0.239 e. The predicted octanol–water partition coefficient (Wildman–Crippen LogP) is 1.56. The summed E-state index contributed by atoms with van der Waals surface area (Å²) in [6, 6.07) is 2.70. The van der Waals surface area contributed by atoms with E-state index in [1.165, 1.54) is 24.1 Å². The average Bonchev–Trinajstić information content (AvgIpc) is 2.40. The summed E-state index contributed by atoms with van der Waals surface area (Å²) in [7, 11) is 1.49. The number of halogens is 2. The highest BCUT2D eigenvalue weighted by molar-refractivity contribution is 7.80. The molecule has 0 heterocycles. The van der Waals surface area contributed by atoms with E-state index in [1.54, 1.807) is 0 Å². The normalized spacial score (nSPS) is 10.2. The van der Waals surface area contributed by atoms with Gasteiger partial charge in [-0.25, -0.2) is 8.78 Å². The second-order valence-electron chi connectivity index (χ2n) is 4.22. The minimum absolute atomic E-state index is 0.0213. The van der Waals surface area contributed by atoms with Crippen LogP contribution in [-0.2, 0) is 4.79 Å². The fraction of sp³-hybridized carbons (Fsp3) is 0.385. The van der Waals surface area contributed by atoms with Gasteiger partial charge in [0.15, 0.2) is 11.6 Å². The molecule has 0 aromatic heterocycles. The number of amides is 1. The molecule has 0 bridgehead atoms. The Labute approximate surface area is 121 Å². The smallest absolute Gasteiger partial charge is 0.239 e. The predicted molar refractivity (Wildman–Crippen MR) is 78.8 cm³/mol. The number of thiocarbonyl (C=S) groups is 1. The molecule has 0 fully saturated rings. The summed E-state index contributed by atoms with van der Waals surface area (Å²) in [6.07, 6.45) is 0.690. The number of rotatable bonds is 6. The van der Waals surface area contributed by atoms with Crippen LogP contribution in [0.2, 0.25) is 0 Å². The zero-order chi connectivity index (χ0) is 15.3. The summed E-state index contributed by atoms with van der Waals surface area (Å²) in [4.78, 5) is 12.7. The van der Waals surface area contributed by atoms with E-state index in [1.807, 2.05) is 6.92 Å². The lowest BCUT2D eigenvalue weighted by atomic mass is 10.1. The van der Waals surface area contributed by atoms with Gasteiger partial charge >= 0.3 is 0 Å². The van der Waals surface area contributed by atoms with E-state index in [-0.39, 0.29) is 28.7 Å². The molecule has 0 saturated heterocycles. The maximum absolute atomic E-state index is 14.1. The van der Waals surface area contributed by atoms with Gasteiger partial charge in [0.1, 0.15) is 4.99 Å². The molecule has 0 atom stereocenters. The lowest BCUT2D eigenvalue weighted by Gasteiger charge is -2.24. The molecule has 7 heteroatoms. The van der Waals surface area contributed by atoms with E-state index in [2.05, 4.69) is 17.5 Å². The fourth-order valence-electron chi connectivity index (χ4n) is 1.78. The molecule has 4 nitrogen and oxygen atoms in total. The summed E-state index contributed by atoms with van der Waals surface area (Å²) >= 11 is 4.65. The Bertz CT molecular complexity index is 523. The largest absolute Gasteiger partial charge is 0.389 e. The molecule has 0 aliphatic rings. The first-order chi connectivity index (χ1) is 9.42. The summed E-state index contributed by atoms with van der Waals surface area (Å²) in [5.41, 5.74) is 5.20. The van der Waals surface area contributed by atoms with Crippen molar-refractivity contribution in [2.24, 2.45) is 5.73 Å². The van der Waals surface area contributed by atoms with E-state index < -0.39 is 11.6 Å². The van der Waals surface area contributed by atoms with Crippen molar-refractivity contribution in [3.63, 3.8) is 0 Å². The van der Waals surface area contributed by atoms with Crippen LogP contribution in [-0.4, -0.2) is 31.0 Å². The highest BCUT2D eigenvalue weighted by Gasteiger charge is 2.20. The number of nitrogens with zero attached hydrogens (tertiary/aromatic N) is 1. The van der Waals surface area contributed by atoms with E-state index in [0.29, 0.717) is 13.0 Å². The van der Waals surface area contributed by atoms with Crippen LogP contribution < -0.4 is 16.0 Å². The Morgan fingerprint density at radius 1 is 1.40 bits per heavy atom. The SMILES string of the molecule is CCCN(CC(=O)NC)c1ccc(C(N)=S)c(F)c1F. The maximum atomic E-state index is 14.1. The van der Waals surface area contributed by atoms with Crippen molar-refractivity contribution >= 4 is 28.8 Å². The second kappa shape index (κ2) is 7.14. The van der Waals surface area contributed by atoms with Crippen LogP contribution in [0.3, 0.4) is 0 Å². The van der Waals surface area contributed by atoms with Gasteiger partial charge in [-0.2, -0.15) is 0 Å². The lowest BCUT2D eigenvalue weighted by molar-refractivity contribution is -0.119. The molecule has 110 valence electrons. The highest BCUT2D eigenvalue weighted by atomic mass is 32.1. The minimum Gasteiger partial charge on any atom is -0.389 e. The first-order valence-electron chi connectivity index (χ1n) is 6.15. The number of anilines is 1. The minimum atomic E-state index is -1.09. The lowest BCUT2D eigenvalue weighted by Crippen LogP contribution is -2.36. The number of hydrogen-bond acceptors (Lipinski definition) is 3. The molecule has 1 aromatic rings. The number of nitrogens with one attached hydrogen (secondary N) is 1. The Balaban J connectivity index is 3.17. The van der Waals surface area contributed by atoms with Gasteiger partial charge in [-0.1, -0.05) is 19.1 Å². The molecule has 0 spiro atoms. The number of likely N-dealkylation sites (N-methyl/N-ethyl adjacent to an activating group) is 1.